The van der Waals surface area contributed by atoms with E-state index in [1.54, 1.807) is 11.1 Å². The highest BCUT2D eigenvalue weighted by atomic mass is 32.2. The van der Waals surface area contributed by atoms with Gasteiger partial charge in [-0.2, -0.15) is 0 Å². The zero-order valence-corrected chi connectivity index (χ0v) is 16.1. The molecule has 0 bridgehead atoms. The summed E-state index contributed by atoms with van der Waals surface area (Å²) in [5, 5.41) is 5.29. The van der Waals surface area contributed by atoms with Crippen LogP contribution in [0.15, 0.2) is 30.6 Å². The first-order chi connectivity index (χ1) is 12.8. The van der Waals surface area contributed by atoms with Crippen LogP contribution in [0.4, 0.5) is 5.69 Å². The molecule has 2 N–H and O–H groups in total. The minimum Gasteiger partial charge on any atom is -0.315 e. The number of anilines is 1. The van der Waals surface area contributed by atoms with E-state index in [1.807, 2.05) is 25.4 Å². The number of carbonyl (C=O) groups excluding carboxylic acids is 1. The van der Waals surface area contributed by atoms with Crippen LogP contribution in [0.25, 0.3) is 11.1 Å². The first-order valence-corrected chi connectivity index (χ1v) is 10.9. The summed E-state index contributed by atoms with van der Waals surface area (Å²) >= 11 is 0. The summed E-state index contributed by atoms with van der Waals surface area (Å²) in [4.78, 5) is 18.0. The molecule has 27 heavy (non-hydrogen) atoms. The number of nitrogens with two attached hydrogens (primary N) is 1. The Hall–Kier alpha value is -2.25. The third-order valence-electron chi connectivity index (χ3n) is 5.68. The van der Waals surface area contributed by atoms with Crippen LogP contribution in [-0.4, -0.2) is 32.1 Å². The number of benzene rings is 1. The Morgan fingerprint density at radius 2 is 2.04 bits per heavy atom. The molecule has 0 fully saturated rings. The summed E-state index contributed by atoms with van der Waals surface area (Å²) in [6.07, 6.45) is 7.56. The van der Waals surface area contributed by atoms with Crippen molar-refractivity contribution in [3.63, 3.8) is 0 Å². The molecular formula is C20H23N3O3S. The number of carbonyl (C=O) groups is 1. The van der Waals surface area contributed by atoms with E-state index in [4.69, 9.17) is 5.14 Å². The van der Waals surface area contributed by atoms with E-state index in [0.717, 1.165) is 53.6 Å². The summed E-state index contributed by atoms with van der Waals surface area (Å²) < 4.78 is 23.2. The summed E-state index contributed by atoms with van der Waals surface area (Å²) in [6, 6.07) is 6.15. The maximum atomic E-state index is 11.9. The van der Waals surface area contributed by atoms with Gasteiger partial charge in [0, 0.05) is 43.0 Å². The normalized spacial score (nSPS) is 19.6. The molecule has 0 spiro atoms. The van der Waals surface area contributed by atoms with E-state index in [2.05, 4.69) is 11.1 Å². The Kier molecular flexibility index (Phi) is 4.52. The van der Waals surface area contributed by atoms with Crippen LogP contribution in [0.1, 0.15) is 41.9 Å². The van der Waals surface area contributed by atoms with E-state index >= 15 is 0 Å². The number of primary sulfonamides is 1. The number of aryl methyl sites for hydroxylation is 1. The summed E-state index contributed by atoms with van der Waals surface area (Å²) in [6.45, 7) is 0. The van der Waals surface area contributed by atoms with Crippen molar-refractivity contribution in [1.29, 1.82) is 0 Å². The van der Waals surface area contributed by atoms with Gasteiger partial charge < -0.3 is 4.90 Å². The molecule has 1 aromatic heterocycles. The molecule has 2 heterocycles. The first kappa shape index (κ1) is 18.1. The molecule has 6 nitrogen and oxygen atoms in total. The third-order valence-corrected chi connectivity index (χ3v) is 6.54. The fourth-order valence-corrected chi connectivity index (χ4v) is 5.25. The van der Waals surface area contributed by atoms with Gasteiger partial charge >= 0.3 is 0 Å². The molecule has 0 saturated carbocycles. The van der Waals surface area contributed by atoms with Gasteiger partial charge in [0.15, 0.2) is 0 Å². The number of pyridine rings is 1. The van der Waals surface area contributed by atoms with Gasteiger partial charge in [-0.05, 0) is 60.1 Å². The summed E-state index contributed by atoms with van der Waals surface area (Å²) in [5.74, 6) is -0.000175. The number of hydrogen-bond donors (Lipinski definition) is 1. The van der Waals surface area contributed by atoms with Crippen LogP contribution in [0.3, 0.4) is 0 Å². The molecule has 0 radical (unpaired) electrons. The number of fused-ring (bicyclic) bond motifs is 2. The highest BCUT2D eigenvalue weighted by molar-refractivity contribution is 7.89. The molecular weight excluding hydrogens is 362 g/mol. The van der Waals surface area contributed by atoms with Gasteiger partial charge in [0.25, 0.3) is 0 Å². The Bertz CT molecular complexity index is 1020. The Labute approximate surface area is 159 Å². The molecule has 1 atom stereocenters. The maximum absolute atomic E-state index is 11.9. The lowest BCUT2D eigenvalue weighted by Crippen LogP contribution is -2.31. The average Bonchev–Trinajstić information content (AvgIpc) is 2.63. The molecule has 7 heteroatoms. The van der Waals surface area contributed by atoms with Gasteiger partial charge in [-0.25, -0.2) is 13.6 Å². The predicted octanol–water partition coefficient (Wildman–Crippen LogP) is 2.37. The van der Waals surface area contributed by atoms with Gasteiger partial charge in [0.05, 0.1) is 5.75 Å². The van der Waals surface area contributed by atoms with Gasteiger partial charge in [-0.3, -0.25) is 9.78 Å². The van der Waals surface area contributed by atoms with Gasteiger partial charge in [0.1, 0.15) is 0 Å². The second-order valence-electron chi connectivity index (χ2n) is 7.47. The topological polar surface area (TPSA) is 93.4 Å². The third kappa shape index (κ3) is 3.49. The lowest BCUT2D eigenvalue weighted by atomic mass is 9.81. The highest BCUT2D eigenvalue weighted by Gasteiger charge is 2.27. The highest BCUT2D eigenvalue weighted by Crippen LogP contribution is 2.39. The number of hydrogen-bond acceptors (Lipinski definition) is 4. The number of nitrogens with zero attached hydrogens (tertiary/aromatic N) is 2. The minimum atomic E-state index is -3.53. The van der Waals surface area contributed by atoms with Crippen LogP contribution in [0, 0.1) is 0 Å². The molecule has 1 aliphatic carbocycles. The minimum absolute atomic E-state index is 0.0395. The number of sulfonamides is 1. The van der Waals surface area contributed by atoms with Crippen molar-refractivity contribution in [3.05, 3.63) is 47.3 Å². The Balaban J connectivity index is 1.76. The standard InChI is InChI=1S/C20H23N3O3S/c1-23-19-7-5-13(9-14(19)6-8-20(23)24)17-10-22-11-18-15(12-27(21,25)26)3-2-4-16(17)18/h5,7,9-11,15H,2-4,6,8,12H2,1H3,(H2,21,25,26)/t15-/m0/s1. The van der Waals surface area contributed by atoms with Crippen LogP contribution < -0.4 is 10.0 Å². The predicted molar refractivity (Wildman–Crippen MR) is 105 cm³/mol. The molecule has 4 rings (SSSR count). The zero-order chi connectivity index (χ0) is 19.2. The van der Waals surface area contributed by atoms with E-state index < -0.39 is 10.0 Å². The summed E-state index contributed by atoms with van der Waals surface area (Å²) in [5.41, 5.74) is 6.40. The van der Waals surface area contributed by atoms with Crippen LogP contribution >= 0.6 is 0 Å². The molecule has 1 aliphatic heterocycles. The SMILES string of the molecule is CN1C(=O)CCc2cc(-c3cncc4c3CCC[C@H]4CS(N)(=O)=O)ccc21. The second-order valence-corrected chi connectivity index (χ2v) is 9.13. The van der Waals surface area contributed by atoms with Crippen molar-refractivity contribution < 1.29 is 13.2 Å². The van der Waals surface area contributed by atoms with Crippen molar-refractivity contribution in [2.75, 3.05) is 17.7 Å². The number of aromatic nitrogens is 1. The van der Waals surface area contributed by atoms with Gasteiger partial charge in [0.2, 0.25) is 15.9 Å². The molecule has 1 aromatic carbocycles. The van der Waals surface area contributed by atoms with Gasteiger partial charge in [-0.1, -0.05) is 6.07 Å². The largest absolute Gasteiger partial charge is 0.315 e. The molecule has 1 amide bonds. The van der Waals surface area contributed by atoms with E-state index in [1.165, 1.54) is 5.56 Å². The lowest BCUT2D eigenvalue weighted by molar-refractivity contribution is -0.118. The molecule has 142 valence electrons. The van der Waals surface area contributed by atoms with Crippen molar-refractivity contribution in [2.45, 2.75) is 38.0 Å². The quantitative estimate of drug-likeness (QED) is 0.878. The van der Waals surface area contributed by atoms with Crippen LogP contribution in [0.5, 0.6) is 0 Å². The van der Waals surface area contributed by atoms with E-state index in [-0.39, 0.29) is 17.6 Å². The van der Waals surface area contributed by atoms with Crippen LogP contribution in [-0.2, 0) is 27.7 Å². The lowest BCUT2D eigenvalue weighted by Gasteiger charge is -2.28. The van der Waals surface area contributed by atoms with E-state index in [9.17, 15) is 13.2 Å². The molecule has 0 saturated heterocycles. The van der Waals surface area contributed by atoms with Crippen molar-refractivity contribution >= 4 is 21.6 Å². The Morgan fingerprint density at radius 3 is 2.81 bits per heavy atom. The van der Waals surface area contributed by atoms with Crippen molar-refractivity contribution in [3.8, 4) is 11.1 Å². The average molecular weight is 385 g/mol. The maximum Gasteiger partial charge on any atom is 0.227 e. The smallest absolute Gasteiger partial charge is 0.227 e. The van der Waals surface area contributed by atoms with Gasteiger partial charge in [-0.15, -0.1) is 0 Å². The number of rotatable bonds is 3. The van der Waals surface area contributed by atoms with Crippen molar-refractivity contribution in [1.82, 2.24) is 4.98 Å². The molecule has 2 aliphatic rings. The summed E-state index contributed by atoms with van der Waals surface area (Å²) in [7, 11) is -1.72. The fraction of sp³-hybridized carbons (Fsp3) is 0.400. The van der Waals surface area contributed by atoms with E-state index in [0.29, 0.717) is 6.42 Å². The molecule has 0 unspecified atom stereocenters. The fourth-order valence-electron chi connectivity index (χ4n) is 4.34. The first-order valence-electron chi connectivity index (χ1n) is 9.20. The molecule has 2 aromatic rings. The van der Waals surface area contributed by atoms with Crippen molar-refractivity contribution in [2.24, 2.45) is 5.14 Å². The Morgan fingerprint density at radius 1 is 1.22 bits per heavy atom. The zero-order valence-electron chi connectivity index (χ0n) is 15.3. The van der Waals surface area contributed by atoms with Crippen LogP contribution in [0.2, 0.25) is 0 Å². The number of amides is 1. The monoisotopic (exact) mass is 385 g/mol. The second kappa shape index (κ2) is 6.73.